The van der Waals surface area contributed by atoms with Crippen LogP contribution in [0.4, 0.5) is 11.4 Å². The van der Waals surface area contributed by atoms with E-state index in [1.54, 1.807) is 36.4 Å². The van der Waals surface area contributed by atoms with Crippen molar-refractivity contribution >= 4 is 17.3 Å². The Labute approximate surface area is 111 Å². The average Bonchev–Trinajstić information content (AvgIpc) is 2.42. The highest BCUT2D eigenvalue weighted by atomic mass is 16.1. The third-order valence-electron chi connectivity index (χ3n) is 2.64. The fourth-order valence-corrected chi connectivity index (χ4v) is 1.65. The third kappa shape index (κ3) is 3.58. The van der Waals surface area contributed by atoms with Crippen LogP contribution in [0.3, 0.4) is 0 Å². The molecule has 0 fully saturated rings. The number of carbonyl (C=O) groups is 1. The Hall–Kier alpha value is -2.80. The molecule has 0 saturated carbocycles. The molecule has 0 heterocycles. The van der Waals surface area contributed by atoms with Crippen molar-refractivity contribution in [3.8, 4) is 6.07 Å². The molecule has 0 atom stereocenters. The number of nitrogens with one attached hydrogen (secondary N) is 1. The van der Waals surface area contributed by atoms with Crippen molar-refractivity contribution in [1.82, 2.24) is 0 Å². The lowest BCUT2D eigenvalue weighted by atomic mass is 10.1. The van der Waals surface area contributed by atoms with Crippen LogP contribution in [0.25, 0.3) is 0 Å². The minimum atomic E-state index is -0.102. The van der Waals surface area contributed by atoms with Gasteiger partial charge in [-0.25, -0.2) is 0 Å². The van der Waals surface area contributed by atoms with Gasteiger partial charge in [0.1, 0.15) is 0 Å². The number of benzene rings is 2. The van der Waals surface area contributed by atoms with Crippen LogP contribution < -0.4 is 11.1 Å². The van der Waals surface area contributed by atoms with E-state index in [4.69, 9.17) is 11.0 Å². The monoisotopic (exact) mass is 251 g/mol. The zero-order valence-corrected chi connectivity index (χ0v) is 10.3. The number of nitriles is 1. The fraction of sp³-hybridized carbons (Fsp3) is 0.0667. The van der Waals surface area contributed by atoms with Gasteiger partial charge >= 0.3 is 0 Å². The minimum absolute atomic E-state index is 0.102. The molecule has 0 radical (unpaired) electrons. The number of amides is 1. The van der Waals surface area contributed by atoms with Gasteiger partial charge in [-0.05, 0) is 42.0 Å². The SMILES string of the molecule is N#Cc1ccc(NC(=O)Cc2ccc(N)cc2)cc1. The number of nitrogen functional groups attached to an aromatic ring is 1. The number of carbonyl (C=O) groups excluding carboxylic acids is 1. The summed E-state index contributed by atoms with van der Waals surface area (Å²) in [5, 5.41) is 11.5. The quantitative estimate of drug-likeness (QED) is 0.821. The summed E-state index contributed by atoms with van der Waals surface area (Å²) < 4.78 is 0. The zero-order valence-electron chi connectivity index (χ0n) is 10.3. The van der Waals surface area contributed by atoms with Gasteiger partial charge in [0.15, 0.2) is 0 Å². The maximum Gasteiger partial charge on any atom is 0.228 e. The van der Waals surface area contributed by atoms with Crippen molar-refractivity contribution in [1.29, 1.82) is 5.26 Å². The van der Waals surface area contributed by atoms with Gasteiger partial charge in [-0.2, -0.15) is 5.26 Å². The van der Waals surface area contributed by atoms with Crippen LogP contribution in [0.1, 0.15) is 11.1 Å². The molecule has 4 nitrogen and oxygen atoms in total. The van der Waals surface area contributed by atoms with Crippen molar-refractivity contribution in [3.63, 3.8) is 0 Å². The predicted molar refractivity (Wildman–Crippen MR) is 74.3 cm³/mol. The van der Waals surface area contributed by atoms with Crippen LogP contribution >= 0.6 is 0 Å². The second kappa shape index (κ2) is 5.69. The van der Waals surface area contributed by atoms with Gasteiger partial charge in [0.2, 0.25) is 5.91 Å². The van der Waals surface area contributed by atoms with Crippen molar-refractivity contribution in [2.45, 2.75) is 6.42 Å². The molecule has 19 heavy (non-hydrogen) atoms. The number of nitrogens with two attached hydrogens (primary N) is 1. The molecule has 0 aliphatic heterocycles. The van der Waals surface area contributed by atoms with E-state index >= 15 is 0 Å². The Kier molecular flexibility index (Phi) is 3.79. The molecule has 0 saturated heterocycles. The maximum absolute atomic E-state index is 11.8. The molecule has 2 aromatic rings. The van der Waals surface area contributed by atoms with E-state index in [1.165, 1.54) is 0 Å². The zero-order chi connectivity index (χ0) is 13.7. The number of hydrogen-bond acceptors (Lipinski definition) is 3. The van der Waals surface area contributed by atoms with Gasteiger partial charge < -0.3 is 11.1 Å². The lowest BCUT2D eigenvalue weighted by molar-refractivity contribution is -0.115. The molecule has 94 valence electrons. The van der Waals surface area contributed by atoms with Gasteiger partial charge in [-0.1, -0.05) is 12.1 Å². The van der Waals surface area contributed by atoms with Crippen molar-refractivity contribution in [2.75, 3.05) is 11.1 Å². The third-order valence-corrected chi connectivity index (χ3v) is 2.64. The Balaban J connectivity index is 1.97. The van der Waals surface area contributed by atoms with Crippen LogP contribution in [0, 0.1) is 11.3 Å². The first-order valence-electron chi connectivity index (χ1n) is 5.82. The molecule has 4 heteroatoms. The summed E-state index contributed by atoms with van der Waals surface area (Å²) in [6, 6.07) is 16.0. The highest BCUT2D eigenvalue weighted by Crippen LogP contribution is 2.11. The number of anilines is 2. The van der Waals surface area contributed by atoms with E-state index in [-0.39, 0.29) is 5.91 Å². The normalized spacial score (nSPS) is 9.63. The van der Waals surface area contributed by atoms with Gasteiger partial charge in [-0.15, -0.1) is 0 Å². The second-order valence-electron chi connectivity index (χ2n) is 4.16. The van der Waals surface area contributed by atoms with Crippen molar-refractivity contribution < 1.29 is 4.79 Å². The standard InChI is InChI=1S/C15H13N3O/c16-10-12-3-7-14(8-4-12)18-15(19)9-11-1-5-13(17)6-2-11/h1-8H,9,17H2,(H,18,19). The van der Waals surface area contributed by atoms with Crippen LogP contribution in [0.15, 0.2) is 48.5 Å². The minimum Gasteiger partial charge on any atom is -0.399 e. The molecule has 2 rings (SSSR count). The van der Waals surface area contributed by atoms with E-state index in [9.17, 15) is 4.79 Å². The van der Waals surface area contributed by atoms with E-state index in [2.05, 4.69) is 5.32 Å². The van der Waals surface area contributed by atoms with Gasteiger partial charge in [0.25, 0.3) is 0 Å². The topological polar surface area (TPSA) is 78.9 Å². The maximum atomic E-state index is 11.8. The Morgan fingerprint density at radius 3 is 2.32 bits per heavy atom. The lowest BCUT2D eigenvalue weighted by Crippen LogP contribution is -2.14. The first kappa shape index (κ1) is 12.7. The van der Waals surface area contributed by atoms with Crippen molar-refractivity contribution in [3.05, 3.63) is 59.7 Å². The van der Waals surface area contributed by atoms with Gasteiger partial charge in [-0.3, -0.25) is 4.79 Å². The smallest absolute Gasteiger partial charge is 0.228 e. The second-order valence-corrected chi connectivity index (χ2v) is 4.16. The summed E-state index contributed by atoms with van der Waals surface area (Å²) in [4.78, 5) is 11.8. The molecule has 1 amide bonds. The van der Waals surface area contributed by atoms with Crippen LogP contribution in [-0.2, 0) is 11.2 Å². The molecular formula is C15H13N3O. The summed E-state index contributed by atoms with van der Waals surface area (Å²) in [6.07, 6.45) is 0.292. The summed E-state index contributed by atoms with van der Waals surface area (Å²) in [6.45, 7) is 0. The molecule has 0 aliphatic carbocycles. The molecule has 0 bridgehead atoms. The first-order chi connectivity index (χ1) is 9.17. The summed E-state index contributed by atoms with van der Waals surface area (Å²) in [5.41, 5.74) is 8.41. The number of nitrogens with zero attached hydrogens (tertiary/aromatic N) is 1. The number of rotatable bonds is 3. The van der Waals surface area contributed by atoms with E-state index in [1.807, 2.05) is 18.2 Å². The highest BCUT2D eigenvalue weighted by Gasteiger charge is 2.04. The molecular weight excluding hydrogens is 238 g/mol. The van der Waals surface area contributed by atoms with E-state index in [0.717, 1.165) is 5.56 Å². The van der Waals surface area contributed by atoms with Crippen LogP contribution in [0.5, 0.6) is 0 Å². The van der Waals surface area contributed by atoms with Crippen molar-refractivity contribution in [2.24, 2.45) is 0 Å². The van der Waals surface area contributed by atoms with Gasteiger partial charge in [0, 0.05) is 11.4 Å². The molecule has 2 aromatic carbocycles. The molecule has 0 spiro atoms. The van der Waals surface area contributed by atoms with E-state index < -0.39 is 0 Å². The predicted octanol–water partition coefficient (Wildman–Crippen LogP) is 2.32. The summed E-state index contributed by atoms with van der Waals surface area (Å²) >= 11 is 0. The summed E-state index contributed by atoms with van der Waals surface area (Å²) in [5.74, 6) is -0.102. The Morgan fingerprint density at radius 2 is 1.74 bits per heavy atom. The fourth-order valence-electron chi connectivity index (χ4n) is 1.65. The molecule has 3 N–H and O–H groups in total. The lowest BCUT2D eigenvalue weighted by Gasteiger charge is -2.05. The molecule has 0 aromatic heterocycles. The molecule has 0 unspecified atom stereocenters. The van der Waals surface area contributed by atoms with Gasteiger partial charge in [0.05, 0.1) is 18.1 Å². The van der Waals surface area contributed by atoms with Crippen LogP contribution in [0.2, 0.25) is 0 Å². The molecule has 0 aliphatic rings. The van der Waals surface area contributed by atoms with Crippen LogP contribution in [-0.4, -0.2) is 5.91 Å². The Morgan fingerprint density at radius 1 is 1.11 bits per heavy atom. The average molecular weight is 251 g/mol. The van der Waals surface area contributed by atoms with E-state index in [0.29, 0.717) is 23.4 Å². The highest BCUT2D eigenvalue weighted by molar-refractivity contribution is 5.92. The largest absolute Gasteiger partial charge is 0.399 e. The Bertz CT molecular complexity index is 609. The summed E-state index contributed by atoms with van der Waals surface area (Å²) in [7, 11) is 0. The number of hydrogen-bond donors (Lipinski definition) is 2. The first-order valence-corrected chi connectivity index (χ1v) is 5.82.